The van der Waals surface area contributed by atoms with Crippen LogP contribution in [0.4, 0.5) is 11.4 Å². The summed E-state index contributed by atoms with van der Waals surface area (Å²) >= 11 is 0. The van der Waals surface area contributed by atoms with Crippen molar-refractivity contribution >= 4 is 23.3 Å². The van der Waals surface area contributed by atoms with Crippen LogP contribution in [0.25, 0.3) is 0 Å². The van der Waals surface area contributed by atoms with Gasteiger partial charge in [0.25, 0.3) is 5.69 Å². The first-order chi connectivity index (χ1) is 9.90. The van der Waals surface area contributed by atoms with Gasteiger partial charge in [-0.15, -0.1) is 0 Å². The van der Waals surface area contributed by atoms with E-state index in [0.29, 0.717) is 6.54 Å². The maximum Gasteiger partial charge on any atom is 0.307 e. The lowest BCUT2D eigenvalue weighted by molar-refractivity contribution is -0.384. The minimum absolute atomic E-state index is 0.0856. The van der Waals surface area contributed by atoms with Crippen molar-refractivity contribution in [1.82, 2.24) is 0 Å². The molecule has 1 aromatic carbocycles. The highest BCUT2D eigenvalue weighted by molar-refractivity contribution is 5.94. The molecule has 2 N–H and O–H groups in total. The molecule has 1 rings (SSSR count). The summed E-state index contributed by atoms with van der Waals surface area (Å²) in [6.45, 7) is 2.46. The van der Waals surface area contributed by atoms with Crippen LogP contribution in [0.2, 0.25) is 0 Å². The fraction of sp³-hybridized carbons (Fsp3) is 0.385. The van der Waals surface area contributed by atoms with Crippen LogP contribution in [-0.2, 0) is 9.53 Å². The second kappa shape index (κ2) is 7.22. The largest absolute Gasteiger partial charge is 0.469 e. The Morgan fingerprint density at radius 2 is 2.10 bits per heavy atom. The van der Waals surface area contributed by atoms with Crippen LogP contribution in [-0.4, -0.2) is 37.0 Å². The summed E-state index contributed by atoms with van der Waals surface area (Å²) in [7, 11) is 1.27. The normalized spacial score (nSPS) is 10.0. The average Bonchev–Trinajstić information content (AvgIpc) is 2.47. The smallest absolute Gasteiger partial charge is 0.307 e. The number of carbonyl (C=O) groups excluding carboxylic acids is 2. The van der Waals surface area contributed by atoms with Crippen molar-refractivity contribution < 1.29 is 19.2 Å². The van der Waals surface area contributed by atoms with E-state index in [1.807, 2.05) is 0 Å². The third-order valence-electron chi connectivity index (χ3n) is 2.99. The number of hydrogen-bond acceptors (Lipinski definition) is 6. The Kier molecular flexibility index (Phi) is 5.65. The van der Waals surface area contributed by atoms with Crippen molar-refractivity contribution in [2.45, 2.75) is 13.3 Å². The maximum absolute atomic E-state index is 11.2. The number of benzene rings is 1. The number of nitrogens with two attached hydrogens (primary N) is 1. The lowest BCUT2D eigenvalue weighted by atomic mass is 10.1. The van der Waals surface area contributed by atoms with E-state index in [0.717, 1.165) is 0 Å². The Hall–Kier alpha value is -2.64. The van der Waals surface area contributed by atoms with Crippen molar-refractivity contribution in [1.29, 1.82) is 0 Å². The van der Waals surface area contributed by atoms with E-state index < -0.39 is 16.8 Å². The molecule has 0 aliphatic heterocycles. The highest BCUT2D eigenvalue weighted by Gasteiger charge is 2.21. The van der Waals surface area contributed by atoms with Crippen LogP contribution in [0.1, 0.15) is 23.7 Å². The predicted molar refractivity (Wildman–Crippen MR) is 76.1 cm³/mol. The van der Waals surface area contributed by atoms with Gasteiger partial charge in [-0.05, 0) is 19.1 Å². The molecule has 1 aromatic rings. The summed E-state index contributed by atoms with van der Waals surface area (Å²) in [5.74, 6) is -1.09. The van der Waals surface area contributed by atoms with E-state index in [4.69, 9.17) is 5.73 Å². The van der Waals surface area contributed by atoms with Crippen molar-refractivity contribution in [3.05, 3.63) is 33.9 Å². The minimum Gasteiger partial charge on any atom is -0.469 e. The fourth-order valence-electron chi connectivity index (χ4n) is 1.86. The third kappa shape index (κ3) is 4.16. The summed E-state index contributed by atoms with van der Waals surface area (Å²) in [5.41, 5.74) is 5.47. The van der Waals surface area contributed by atoms with Gasteiger partial charge < -0.3 is 15.4 Å². The van der Waals surface area contributed by atoms with Gasteiger partial charge in [0.1, 0.15) is 5.69 Å². The molecule has 21 heavy (non-hydrogen) atoms. The summed E-state index contributed by atoms with van der Waals surface area (Å²) < 4.78 is 4.55. The van der Waals surface area contributed by atoms with Gasteiger partial charge in [0, 0.05) is 24.7 Å². The molecule has 0 heterocycles. The molecule has 8 nitrogen and oxygen atoms in total. The number of anilines is 1. The SMILES string of the molecule is CCN(CCC(=O)OC)c1cc(C(N)=O)ccc1[N+](=O)[O-]. The minimum atomic E-state index is -0.671. The molecule has 1 amide bonds. The lowest BCUT2D eigenvalue weighted by Crippen LogP contribution is -2.27. The Morgan fingerprint density at radius 3 is 2.57 bits per heavy atom. The van der Waals surface area contributed by atoms with Crippen LogP contribution in [0.15, 0.2) is 18.2 Å². The Morgan fingerprint density at radius 1 is 1.43 bits per heavy atom. The summed E-state index contributed by atoms with van der Waals surface area (Å²) in [5, 5.41) is 11.1. The second-order valence-electron chi connectivity index (χ2n) is 4.23. The number of primary amides is 1. The van der Waals surface area contributed by atoms with Crippen molar-refractivity contribution in [2.75, 3.05) is 25.1 Å². The number of nitro benzene ring substituents is 1. The van der Waals surface area contributed by atoms with E-state index >= 15 is 0 Å². The molecule has 0 unspecified atom stereocenters. The first-order valence-corrected chi connectivity index (χ1v) is 6.30. The molecule has 8 heteroatoms. The Labute approximate surface area is 121 Å². The van der Waals surface area contributed by atoms with E-state index in [2.05, 4.69) is 4.74 Å². The average molecular weight is 295 g/mol. The molecule has 0 saturated carbocycles. The molecule has 0 spiro atoms. The van der Waals surface area contributed by atoms with Gasteiger partial charge >= 0.3 is 5.97 Å². The van der Waals surface area contributed by atoms with Crippen LogP contribution in [0.3, 0.4) is 0 Å². The van der Waals surface area contributed by atoms with Gasteiger partial charge in [-0.3, -0.25) is 19.7 Å². The van der Waals surface area contributed by atoms with Crippen molar-refractivity contribution in [3.63, 3.8) is 0 Å². The van der Waals surface area contributed by atoms with E-state index in [1.165, 1.54) is 25.3 Å². The van der Waals surface area contributed by atoms with Gasteiger partial charge in [-0.1, -0.05) is 0 Å². The molecular formula is C13H17N3O5. The molecule has 114 valence electrons. The van der Waals surface area contributed by atoms with Gasteiger partial charge in [0.05, 0.1) is 18.5 Å². The predicted octanol–water partition coefficient (Wildman–Crippen LogP) is 1.08. The van der Waals surface area contributed by atoms with E-state index in [9.17, 15) is 19.7 Å². The number of rotatable bonds is 7. The first-order valence-electron chi connectivity index (χ1n) is 6.30. The molecule has 0 saturated heterocycles. The molecular weight excluding hydrogens is 278 g/mol. The number of carbonyl (C=O) groups is 2. The monoisotopic (exact) mass is 295 g/mol. The molecule has 0 atom stereocenters. The van der Waals surface area contributed by atoms with E-state index in [-0.39, 0.29) is 29.9 Å². The second-order valence-corrected chi connectivity index (χ2v) is 4.23. The number of nitro groups is 1. The zero-order valence-electron chi connectivity index (χ0n) is 11.9. The number of amides is 1. The molecule has 0 aliphatic carbocycles. The summed E-state index contributed by atoms with van der Waals surface area (Å²) in [6, 6.07) is 3.90. The molecule has 0 radical (unpaired) electrons. The zero-order chi connectivity index (χ0) is 16.0. The number of ether oxygens (including phenoxy) is 1. The molecule has 0 aliphatic rings. The highest BCUT2D eigenvalue weighted by atomic mass is 16.6. The van der Waals surface area contributed by atoms with E-state index in [1.54, 1.807) is 11.8 Å². The fourth-order valence-corrected chi connectivity index (χ4v) is 1.86. The number of esters is 1. The highest BCUT2D eigenvalue weighted by Crippen LogP contribution is 2.29. The van der Waals surface area contributed by atoms with Crippen LogP contribution in [0, 0.1) is 10.1 Å². The molecule has 0 fully saturated rings. The van der Waals surface area contributed by atoms with Crippen LogP contribution in [0.5, 0.6) is 0 Å². The van der Waals surface area contributed by atoms with Gasteiger partial charge in [-0.2, -0.15) is 0 Å². The number of methoxy groups -OCH3 is 1. The van der Waals surface area contributed by atoms with Gasteiger partial charge in [0.15, 0.2) is 0 Å². The Balaban J connectivity index is 3.15. The van der Waals surface area contributed by atoms with Crippen molar-refractivity contribution in [2.24, 2.45) is 5.73 Å². The lowest BCUT2D eigenvalue weighted by Gasteiger charge is -2.22. The number of hydrogen-bond donors (Lipinski definition) is 1. The molecule has 0 aromatic heterocycles. The van der Waals surface area contributed by atoms with Crippen molar-refractivity contribution in [3.8, 4) is 0 Å². The van der Waals surface area contributed by atoms with Gasteiger partial charge in [-0.25, -0.2) is 0 Å². The third-order valence-corrected chi connectivity index (χ3v) is 2.99. The summed E-state index contributed by atoms with van der Waals surface area (Å²) in [6.07, 6.45) is 0.0856. The number of nitrogens with zero attached hydrogens (tertiary/aromatic N) is 2. The van der Waals surface area contributed by atoms with Gasteiger partial charge in [0.2, 0.25) is 5.91 Å². The quantitative estimate of drug-likeness (QED) is 0.457. The maximum atomic E-state index is 11.2. The Bertz CT molecular complexity index is 559. The van der Waals surface area contributed by atoms with Crippen LogP contribution >= 0.6 is 0 Å². The topological polar surface area (TPSA) is 116 Å². The standard InChI is InChI=1S/C13H17N3O5/c1-3-15(7-6-12(17)21-2)11-8-9(13(14)18)4-5-10(11)16(19)20/h4-5,8H,3,6-7H2,1-2H3,(H2,14,18). The molecule has 0 bridgehead atoms. The van der Waals surface area contributed by atoms with Crippen LogP contribution < -0.4 is 10.6 Å². The zero-order valence-corrected chi connectivity index (χ0v) is 11.9. The first kappa shape index (κ1) is 16.4. The summed E-state index contributed by atoms with van der Waals surface area (Å²) in [4.78, 5) is 34.6.